The highest BCUT2D eigenvalue weighted by atomic mass is 79.9. The van der Waals surface area contributed by atoms with E-state index in [4.69, 9.17) is 5.84 Å². The Bertz CT molecular complexity index is 544. The fourth-order valence-corrected chi connectivity index (χ4v) is 2.23. The van der Waals surface area contributed by atoms with E-state index in [1.165, 1.54) is 17.5 Å². The molecule has 88 valence electrons. The summed E-state index contributed by atoms with van der Waals surface area (Å²) in [6.07, 6.45) is 3.13. The molecule has 8 heteroatoms. The summed E-state index contributed by atoms with van der Waals surface area (Å²) in [5, 5.41) is 3.20. The van der Waals surface area contributed by atoms with Gasteiger partial charge in [-0.1, -0.05) is 11.3 Å². The van der Waals surface area contributed by atoms with Gasteiger partial charge >= 0.3 is 0 Å². The molecular weight excluding hydrogens is 306 g/mol. The van der Waals surface area contributed by atoms with Gasteiger partial charge in [0.05, 0.1) is 9.98 Å². The predicted molar refractivity (Wildman–Crippen MR) is 69.8 cm³/mol. The Morgan fingerprint density at radius 2 is 2.29 bits per heavy atom. The summed E-state index contributed by atoms with van der Waals surface area (Å²) in [7, 11) is 0. The monoisotopic (exact) mass is 313 g/mol. The Morgan fingerprint density at radius 3 is 2.94 bits per heavy atom. The lowest BCUT2D eigenvalue weighted by Gasteiger charge is -2.03. The zero-order valence-corrected chi connectivity index (χ0v) is 10.9. The number of amides is 1. The molecule has 4 N–H and O–H groups in total. The molecule has 2 heterocycles. The van der Waals surface area contributed by atoms with E-state index in [2.05, 4.69) is 36.6 Å². The van der Waals surface area contributed by atoms with Crippen molar-refractivity contribution < 1.29 is 4.79 Å². The Kier molecular flexibility index (Phi) is 3.67. The van der Waals surface area contributed by atoms with Crippen LogP contribution in [0.25, 0.3) is 0 Å². The van der Waals surface area contributed by atoms with Crippen LogP contribution in [0.1, 0.15) is 10.4 Å². The van der Waals surface area contributed by atoms with E-state index in [-0.39, 0.29) is 5.91 Å². The van der Waals surface area contributed by atoms with E-state index in [9.17, 15) is 4.79 Å². The first-order chi connectivity index (χ1) is 8.19. The number of nitrogens with zero attached hydrogens (tertiary/aromatic N) is 2. The van der Waals surface area contributed by atoms with Gasteiger partial charge in [0, 0.05) is 11.8 Å². The second-order valence-corrected chi connectivity index (χ2v) is 5.41. The highest BCUT2D eigenvalue weighted by molar-refractivity contribution is 9.11. The lowest BCUT2D eigenvalue weighted by atomic mass is 10.2. The topological polar surface area (TPSA) is 92.9 Å². The van der Waals surface area contributed by atoms with Crippen molar-refractivity contribution in [2.75, 3.05) is 10.7 Å². The number of nitrogen functional groups attached to an aromatic ring is 1. The third-order valence-corrected chi connectivity index (χ3v) is 3.26. The normalized spacial score (nSPS) is 10.0. The molecule has 0 aliphatic heterocycles. The number of thiazole rings is 1. The standard InChI is InChI=1S/C9H8BrN5OS/c10-6-4-13-9(17-6)14-8(16)5-1-2-12-7(3-5)15-11/h1-4H,11H2,(H,12,15)(H,13,14,16). The number of pyridine rings is 1. The van der Waals surface area contributed by atoms with Crippen LogP contribution in [0.5, 0.6) is 0 Å². The Hall–Kier alpha value is -1.51. The van der Waals surface area contributed by atoms with Crippen molar-refractivity contribution in [1.29, 1.82) is 0 Å². The van der Waals surface area contributed by atoms with E-state index in [1.807, 2.05) is 0 Å². The molecule has 0 radical (unpaired) electrons. The number of carbonyl (C=O) groups is 1. The lowest BCUT2D eigenvalue weighted by molar-refractivity contribution is 0.102. The van der Waals surface area contributed by atoms with Gasteiger partial charge in [0.25, 0.3) is 5.91 Å². The van der Waals surface area contributed by atoms with Crippen molar-refractivity contribution in [2.45, 2.75) is 0 Å². The molecule has 0 atom stereocenters. The van der Waals surface area contributed by atoms with Gasteiger partial charge in [0.1, 0.15) is 5.82 Å². The molecule has 0 bridgehead atoms. The maximum absolute atomic E-state index is 11.8. The van der Waals surface area contributed by atoms with Crippen molar-refractivity contribution in [3.05, 3.63) is 33.9 Å². The summed E-state index contributed by atoms with van der Waals surface area (Å²) in [6.45, 7) is 0. The van der Waals surface area contributed by atoms with Crippen molar-refractivity contribution >= 4 is 44.1 Å². The number of aromatic nitrogens is 2. The molecular formula is C9H8BrN5OS. The number of nitrogens with one attached hydrogen (secondary N) is 2. The quantitative estimate of drug-likeness (QED) is 0.594. The molecule has 1 amide bonds. The van der Waals surface area contributed by atoms with Crippen LogP contribution in [-0.4, -0.2) is 15.9 Å². The maximum atomic E-state index is 11.8. The molecule has 2 aromatic rings. The largest absolute Gasteiger partial charge is 0.308 e. The Morgan fingerprint density at radius 1 is 1.47 bits per heavy atom. The second-order valence-electron chi connectivity index (χ2n) is 3.00. The number of rotatable bonds is 3. The molecule has 0 aliphatic rings. The van der Waals surface area contributed by atoms with E-state index in [1.54, 1.807) is 18.3 Å². The minimum Gasteiger partial charge on any atom is -0.308 e. The van der Waals surface area contributed by atoms with E-state index < -0.39 is 0 Å². The molecule has 6 nitrogen and oxygen atoms in total. The molecule has 0 fully saturated rings. The molecule has 0 spiro atoms. The number of carbonyl (C=O) groups excluding carboxylic acids is 1. The van der Waals surface area contributed by atoms with Gasteiger partial charge in [-0.2, -0.15) is 0 Å². The summed E-state index contributed by atoms with van der Waals surface area (Å²) in [4.78, 5) is 19.8. The lowest BCUT2D eigenvalue weighted by Crippen LogP contribution is -2.14. The van der Waals surface area contributed by atoms with Gasteiger partial charge in [-0.15, -0.1) is 0 Å². The van der Waals surface area contributed by atoms with E-state index in [0.717, 1.165) is 3.79 Å². The third kappa shape index (κ3) is 2.99. The first kappa shape index (κ1) is 12.0. The van der Waals surface area contributed by atoms with Gasteiger partial charge in [-0.3, -0.25) is 10.1 Å². The summed E-state index contributed by atoms with van der Waals surface area (Å²) in [5.41, 5.74) is 2.84. The number of nitrogens with two attached hydrogens (primary N) is 1. The average molecular weight is 314 g/mol. The molecule has 0 saturated carbocycles. The summed E-state index contributed by atoms with van der Waals surface area (Å²) >= 11 is 4.61. The number of hydrogen-bond donors (Lipinski definition) is 3. The first-order valence-corrected chi connectivity index (χ1v) is 6.15. The van der Waals surface area contributed by atoms with Gasteiger partial charge < -0.3 is 5.43 Å². The average Bonchev–Trinajstić information content (AvgIpc) is 2.75. The van der Waals surface area contributed by atoms with Crippen LogP contribution >= 0.6 is 27.3 Å². The van der Waals surface area contributed by atoms with Gasteiger partial charge in [-0.05, 0) is 28.1 Å². The molecule has 2 rings (SSSR count). The minimum absolute atomic E-state index is 0.259. The summed E-state index contributed by atoms with van der Waals surface area (Å²) in [6, 6.07) is 3.15. The number of hydrogen-bond acceptors (Lipinski definition) is 6. The smallest absolute Gasteiger partial charge is 0.257 e. The third-order valence-electron chi connectivity index (χ3n) is 1.87. The SMILES string of the molecule is NNc1cc(C(=O)Nc2ncc(Br)s2)ccn1. The van der Waals surface area contributed by atoms with Crippen LogP contribution in [0.4, 0.5) is 10.9 Å². The Labute approximate surface area is 109 Å². The number of anilines is 2. The second kappa shape index (κ2) is 5.21. The van der Waals surface area contributed by atoms with Crippen LogP contribution in [-0.2, 0) is 0 Å². The molecule has 0 saturated heterocycles. The molecule has 17 heavy (non-hydrogen) atoms. The van der Waals surface area contributed by atoms with Gasteiger partial charge in [0.15, 0.2) is 5.13 Å². The van der Waals surface area contributed by atoms with Gasteiger partial charge in [-0.25, -0.2) is 15.8 Å². The zero-order valence-electron chi connectivity index (χ0n) is 8.48. The predicted octanol–water partition coefficient (Wildman–Crippen LogP) is 1.84. The number of hydrazine groups is 1. The van der Waals surface area contributed by atoms with Crippen LogP contribution in [0.2, 0.25) is 0 Å². The molecule has 2 aromatic heterocycles. The van der Waals surface area contributed by atoms with Crippen molar-refractivity contribution in [3.63, 3.8) is 0 Å². The van der Waals surface area contributed by atoms with E-state index in [0.29, 0.717) is 16.5 Å². The van der Waals surface area contributed by atoms with Crippen molar-refractivity contribution in [1.82, 2.24) is 9.97 Å². The highest BCUT2D eigenvalue weighted by Gasteiger charge is 2.09. The molecule has 0 unspecified atom stereocenters. The molecule has 0 aliphatic carbocycles. The van der Waals surface area contributed by atoms with E-state index >= 15 is 0 Å². The zero-order chi connectivity index (χ0) is 12.3. The highest BCUT2D eigenvalue weighted by Crippen LogP contribution is 2.23. The van der Waals surface area contributed by atoms with Crippen LogP contribution in [0, 0.1) is 0 Å². The van der Waals surface area contributed by atoms with Crippen LogP contribution in [0.15, 0.2) is 28.3 Å². The maximum Gasteiger partial charge on any atom is 0.257 e. The molecule has 0 aromatic carbocycles. The first-order valence-electron chi connectivity index (χ1n) is 4.54. The van der Waals surface area contributed by atoms with Gasteiger partial charge in [0.2, 0.25) is 0 Å². The Balaban J connectivity index is 2.14. The summed E-state index contributed by atoms with van der Waals surface area (Å²) in [5.74, 6) is 5.38. The fourth-order valence-electron chi connectivity index (χ4n) is 1.13. The van der Waals surface area contributed by atoms with Crippen LogP contribution < -0.4 is 16.6 Å². The fraction of sp³-hybridized carbons (Fsp3) is 0. The van der Waals surface area contributed by atoms with Crippen molar-refractivity contribution in [3.8, 4) is 0 Å². The van der Waals surface area contributed by atoms with Crippen LogP contribution in [0.3, 0.4) is 0 Å². The van der Waals surface area contributed by atoms with Crippen molar-refractivity contribution in [2.24, 2.45) is 5.84 Å². The summed E-state index contributed by atoms with van der Waals surface area (Å²) < 4.78 is 0.854. The number of halogens is 1. The minimum atomic E-state index is -0.259.